The van der Waals surface area contributed by atoms with Crippen LogP contribution in [0.15, 0.2) is 87.6 Å². The van der Waals surface area contributed by atoms with Crippen LogP contribution in [0.3, 0.4) is 0 Å². The second kappa shape index (κ2) is 7.13. The van der Waals surface area contributed by atoms with Crippen LogP contribution in [0.5, 0.6) is 11.5 Å². The summed E-state index contributed by atoms with van der Waals surface area (Å²) in [6.07, 6.45) is 3.16. The van der Waals surface area contributed by atoms with Gasteiger partial charge in [0, 0.05) is 17.2 Å². The van der Waals surface area contributed by atoms with E-state index in [2.05, 4.69) is 0 Å². The first kappa shape index (κ1) is 18.4. The van der Waals surface area contributed by atoms with E-state index in [1.54, 1.807) is 30.3 Å². The standard InChI is InChI=1S/C26H16O6/c27-23-14-18(20-11-10-19(30-20)15-5-2-1-3-6-15)24-21(31-23)9-8-17-25(28)22(32-26(17)24)13-16-7-4-12-29-16/h1-13,18H,14H2/b22-13-/t18-/m0/s1. The van der Waals surface area contributed by atoms with E-state index in [1.807, 2.05) is 42.5 Å². The molecule has 0 unspecified atom stereocenters. The van der Waals surface area contributed by atoms with Gasteiger partial charge >= 0.3 is 5.97 Å². The molecule has 0 aliphatic carbocycles. The minimum Gasteiger partial charge on any atom is -0.465 e. The van der Waals surface area contributed by atoms with E-state index in [1.165, 1.54) is 6.26 Å². The fourth-order valence-electron chi connectivity index (χ4n) is 4.15. The number of ether oxygens (including phenoxy) is 2. The fraction of sp³-hybridized carbons (Fsp3) is 0.0769. The van der Waals surface area contributed by atoms with Crippen LogP contribution in [-0.4, -0.2) is 11.8 Å². The topological polar surface area (TPSA) is 78.9 Å². The van der Waals surface area contributed by atoms with Gasteiger partial charge in [0.2, 0.25) is 5.78 Å². The fourth-order valence-corrected chi connectivity index (χ4v) is 4.15. The molecule has 6 nitrogen and oxygen atoms in total. The summed E-state index contributed by atoms with van der Waals surface area (Å²) in [5.74, 6) is 1.68. The van der Waals surface area contributed by atoms with Crippen LogP contribution in [-0.2, 0) is 4.79 Å². The molecule has 0 saturated heterocycles. The molecule has 0 spiro atoms. The average molecular weight is 424 g/mol. The first-order valence-electron chi connectivity index (χ1n) is 10.2. The molecule has 0 amide bonds. The summed E-state index contributed by atoms with van der Waals surface area (Å²) in [5, 5.41) is 0. The van der Waals surface area contributed by atoms with E-state index in [0.717, 1.165) is 5.56 Å². The molecule has 4 heterocycles. The highest BCUT2D eigenvalue weighted by atomic mass is 16.5. The van der Waals surface area contributed by atoms with Gasteiger partial charge in [-0.25, -0.2) is 0 Å². The lowest BCUT2D eigenvalue weighted by molar-refractivity contribution is -0.135. The van der Waals surface area contributed by atoms with Crippen molar-refractivity contribution in [3.05, 3.63) is 101 Å². The summed E-state index contributed by atoms with van der Waals surface area (Å²) < 4.78 is 22.9. The van der Waals surface area contributed by atoms with E-state index in [4.69, 9.17) is 18.3 Å². The number of hydrogen-bond acceptors (Lipinski definition) is 6. The smallest absolute Gasteiger partial charge is 0.312 e. The van der Waals surface area contributed by atoms with Crippen LogP contribution in [0, 0.1) is 0 Å². The Morgan fingerprint density at radius 1 is 0.875 bits per heavy atom. The Bertz CT molecular complexity index is 1380. The molecule has 6 heteroatoms. The van der Waals surface area contributed by atoms with Gasteiger partial charge in [-0.05, 0) is 36.4 Å². The average Bonchev–Trinajstić information content (AvgIpc) is 3.56. The summed E-state index contributed by atoms with van der Waals surface area (Å²) in [4.78, 5) is 25.3. The summed E-state index contributed by atoms with van der Waals surface area (Å²) in [6.45, 7) is 0. The van der Waals surface area contributed by atoms with Crippen molar-refractivity contribution in [3.8, 4) is 22.8 Å². The second-order valence-electron chi connectivity index (χ2n) is 7.61. The van der Waals surface area contributed by atoms with Crippen molar-refractivity contribution in [1.29, 1.82) is 0 Å². The number of Topliss-reactive ketones (excluding diaryl/α,β-unsaturated/α-hetero) is 1. The molecule has 6 rings (SSSR count). The Balaban J connectivity index is 1.44. The first-order valence-corrected chi connectivity index (χ1v) is 10.2. The number of benzene rings is 2. The summed E-state index contributed by atoms with van der Waals surface area (Å²) in [6, 6.07) is 20.2. The van der Waals surface area contributed by atoms with Crippen LogP contribution < -0.4 is 9.47 Å². The van der Waals surface area contributed by atoms with Gasteiger partial charge in [0.15, 0.2) is 5.76 Å². The number of fused-ring (bicyclic) bond motifs is 3. The molecular formula is C26H16O6. The lowest BCUT2D eigenvalue weighted by Gasteiger charge is -2.24. The molecule has 0 radical (unpaired) electrons. The van der Waals surface area contributed by atoms with Gasteiger partial charge < -0.3 is 18.3 Å². The number of carbonyl (C=O) groups is 2. The van der Waals surface area contributed by atoms with Gasteiger partial charge in [-0.3, -0.25) is 9.59 Å². The molecule has 0 N–H and O–H groups in total. The zero-order valence-electron chi connectivity index (χ0n) is 16.7. The zero-order valence-corrected chi connectivity index (χ0v) is 16.7. The predicted molar refractivity (Wildman–Crippen MR) is 114 cm³/mol. The third-order valence-corrected chi connectivity index (χ3v) is 5.62. The van der Waals surface area contributed by atoms with Gasteiger partial charge in [0.1, 0.15) is 28.8 Å². The van der Waals surface area contributed by atoms with Crippen LogP contribution in [0.4, 0.5) is 0 Å². The molecule has 2 aliphatic heterocycles. The quantitative estimate of drug-likeness (QED) is 0.242. The van der Waals surface area contributed by atoms with E-state index in [-0.39, 0.29) is 23.9 Å². The molecule has 0 saturated carbocycles. The van der Waals surface area contributed by atoms with Crippen molar-refractivity contribution in [2.45, 2.75) is 12.3 Å². The highest BCUT2D eigenvalue weighted by Crippen LogP contribution is 2.49. The van der Waals surface area contributed by atoms with Crippen molar-refractivity contribution >= 4 is 17.8 Å². The van der Waals surface area contributed by atoms with E-state index >= 15 is 0 Å². The van der Waals surface area contributed by atoms with Gasteiger partial charge in [0.25, 0.3) is 0 Å². The van der Waals surface area contributed by atoms with Crippen LogP contribution in [0.25, 0.3) is 17.4 Å². The number of furan rings is 2. The van der Waals surface area contributed by atoms with Gasteiger partial charge in [0.05, 0.1) is 24.2 Å². The number of esters is 1. The van der Waals surface area contributed by atoms with Gasteiger partial charge in [-0.1, -0.05) is 30.3 Å². The number of carbonyl (C=O) groups excluding carboxylic acids is 2. The van der Waals surface area contributed by atoms with Crippen LogP contribution in [0.1, 0.15) is 39.8 Å². The molecule has 32 heavy (non-hydrogen) atoms. The van der Waals surface area contributed by atoms with Crippen molar-refractivity contribution in [1.82, 2.24) is 0 Å². The molecule has 4 aromatic rings. The minimum absolute atomic E-state index is 0.0833. The van der Waals surface area contributed by atoms with E-state index < -0.39 is 5.92 Å². The van der Waals surface area contributed by atoms with Crippen molar-refractivity contribution < 1.29 is 27.9 Å². The molecule has 0 fully saturated rings. The van der Waals surface area contributed by atoms with Gasteiger partial charge in [-0.15, -0.1) is 0 Å². The molecule has 0 bridgehead atoms. The molecular weight excluding hydrogens is 408 g/mol. The Hall–Kier alpha value is -4.32. The second-order valence-corrected chi connectivity index (χ2v) is 7.61. The number of hydrogen-bond donors (Lipinski definition) is 0. The third-order valence-electron chi connectivity index (χ3n) is 5.62. The Labute approximate surface area is 182 Å². The number of allylic oxidation sites excluding steroid dienone is 1. The normalized spacial score (nSPS) is 18.2. The molecule has 1 atom stereocenters. The minimum atomic E-state index is -0.436. The highest BCUT2D eigenvalue weighted by molar-refractivity contribution is 6.15. The summed E-state index contributed by atoms with van der Waals surface area (Å²) in [7, 11) is 0. The molecule has 2 aromatic carbocycles. The third kappa shape index (κ3) is 2.96. The zero-order chi connectivity index (χ0) is 21.7. The maximum atomic E-state index is 12.9. The Morgan fingerprint density at radius 3 is 2.56 bits per heavy atom. The maximum absolute atomic E-state index is 12.9. The molecule has 156 valence electrons. The van der Waals surface area contributed by atoms with E-state index in [9.17, 15) is 9.59 Å². The molecule has 2 aliphatic rings. The van der Waals surface area contributed by atoms with Crippen molar-refractivity contribution in [2.75, 3.05) is 0 Å². The van der Waals surface area contributed by atoms with Crippen molar-refractivity contribution in [2.24, 2.45) is 0 Å². The Kier molecular flexibility index (Phi) is 4.11. The van der Waals surface area contributed by atoms with E-state index in [0.29, 0.717) is 39.9 Å². The van der Waals surface area contributed by atoms with Crippen molar-refractivity contribution in [3.63, 3.8) is 0 Å². The Morgan fingerprint density at radius 2 is 1.75 bits per heavy atom. The number of ketones is 1. The molecule has 2 aromatic heterocycles. The number of rotatable bonds is 3. The van der Waals surface area contributed by atoms with Crippen LogP contribution in [0.2, 0.25) is 0 Å². The highest BCUT2D eigenvalue weighted by Gasteiger charge is 2.39. The summed E-state index contributed by atoms with van der Waals surface area (Å²) in [5.41, 5.74) is 1.98. The van der Waals surface area contributed by atoms with Gasteiger partial charge in [-0.2, -0.15) is 0 Å². The first-order chi connectivity index (χ1) is 15.7. The monoisotopic (exact) mass is 424 g/mol. The lowest BCUT2D eigenvalue weighted by Crippen LogP contribution is -2.21. The lowest BCUT2D eigenvalue weighted by atomic mass is 9.88. The predicted octanol–water partition coefficient (Wildman–Crippen LogP) is 5.60. The van der Waals surface area contributed by atoms with Crippen LogP contribution >= 0.6 is 0 Å². The summed E-state index contributed by atoms with van der Waals surface area (Å²) >= 11 is 0. The SMILES string of the molecule is O=C1C[C@@H](c2ccc(-c3ccccc3)o2)c2c(ccc3c2O/C(=C\c2ccco2)C3=O)O1. The largest absolute Gasteiger partial charge is 0.465 e. The maximum Gasteiger partial charge on any atom is 0.312 e.